The normalized spacial score (nSPS) is 12.5. The van der Waals surface area contributed by atoms with Gasteiger partial charge in [0.1, 0.15) is 11.7 Å². The first-order chi connectivity index (χ1) is 3.81. The molecule has 0 aromatic rings. The summed E-state index contributed by atoms with van der Waals surface area (Å²) < 4.78 is 0. The van der Waals surface area contributed by atoms with Gasteiger partial charge in [-0.3, -0.25) is 0 Å². The highest BCUT2D eigenvalue weighted by Gasteiger charge is 1.80. The molecule has 0 aliphatic carbocycles. The van der Waals surface area contributed by atoms with Gasteiger partial charge in [-0.1, -0.05) is 17.7 Å². The van der Waals surface area contributed by atoms with Gasteiger partial charge in [-0.05, 0) is 13.0 Å². The molecule has 0 aromatic carbocycles. The van der Waals surface area contributed by atoms with E-state index in [4.69, 9.17) is 11.6 Å². The molecule has 8 heavy (non-hydrogen) atoms. The first-order valence-electron chi connectivity index (χ1n) is 2.32. The fourth-order valence-electron chi connectivity index (χ4n) is 0.305. The predicted molar refractivity (Wildman–Crippen MR) is 36.8 cm³/mol. The lowest BCUT2D eigenvalue weighted by Crippen LogP contribution is -2.57. The Labute approximate surface area is 54.4 Å². The van der Waals surface area contributed by atoms with Gasteiger partial charge in [-0.2, -0.15) is 0 Å². The van der Waals surface area contributed by atoms with Gasteiger partial charge in [0.15, 0.2) is 6.20 Å². The van der Waals surface area contributed by atoms with Crippen LogP contribution in [0.25, 0.3) is 0 Å². The zero-order valence-corrected chi connectivity index (χ0v) is 5.57. The van der Waals surface area contributed by atoms with E-state index in [1.165, 1.54) is 0 Å². The zero-order valence-electron chi connectivity index (χ0n) is 4.82. The number of allylic oxidation sites excluding steroid dienone is 3. The molecule has 0 atom stereocenters. The highest BCUT2D eigenvalue weighted by molar-refractivity contribution is 6.31. The Hall–Kier alpha value is -0.560. The van der Waals surface area contributed by atoms with Crippen LogP contribution in [-0.4, -0.2) is 6.72 Å². The monoisotopic (exact) mass is 130 g/mol. The van der Waals surface area contributed by atoms with E-state index in [9.17, 15) is 0 Å². The maximum Gasteiger partial charge on any atom is 0.185 e. The first kappa shape index (κ1) is 7.44. The lowest BCUT2D eigenvalue weighted by Gasteiger charge is -1.74. The molecule has 0 saturated carbocycles. The molecule has 0 aromatic heterocycles. The van der Waals surface area contributed by atoms with Crippen molar-refractivity contribution < 1.29 is 4.99 Å². The van der Waals surface area contributed by atoms with Crippen LogP contribution in [0.4, 0.5) is 0 Å². The average molecular weight is 131 g/mol. The summed E-state index contributed by atoms with van der Waals surface area (Å²) in [6.45, 7) is 5.27. The van der Waals surface area contributed by atoms with E-state index in [1.54, 1.807) is 12.3 Å². The van der Waals surface area contributed by atoms with Crippen molar-refractivity contribution in [1.29, 1.82) is 0 Å². The largest absolute Gasteiger partial charge is 0.223 e. The fourth-order valence-corrected chi connectivity index (χ4v) is 0.508. The molecule has 0 aliphatic rings. The Morgan fingerprint density at radius 2 is 2.38 bits per heavy atom. The Kier molecular flexibility index (Phi) is 4.27. The van der Waals surface area contributed by atoms with Gasteiger partial charge in [-0.25, -0.2) is 4.99 Å². The van der Waals surface area contributed by atoms with E-state index in [2.05, 4.69) is 11.7 Å². The van der Waals surface area contributed by atoms with Crippen molar-refractivity contribution in [2.75, 3.05) is 0 Å². The summed E-state index contributed by atoms with van der Waals surface area (Å²) in [4.78, 5) is 2.56. The van der Waals surface area contributed by atoms with Gasteiger partial charge in [0.05, 0.1) is 0 Å². The Morgan fingerprint density at radius 3 is 2.75 bits per heavy atom. The van der Waals surface area contributed by atoms with Gasteiger partial charge in [-0.15, -0.1) is 0 Å². The van der Waals surface area contributed by atoms with E-state index < -0.39 is 0 Å². The third-order valence-electron chi connectivity index (χ3n) is 0.566. The minimum absolute atomic E-state index is 0.655. The van der Waals surface area contributed by atoms with Crippen LogP contribution in [0.15, 0.2) is 23.4 Å². The van der Waals surface area contributed by atoms with Crippen molar-refractivity contribution >= 4 is 18.3 Å². The van der Waals surface area contributed by atoms with E-state index in [1.807, 2.05) is 13.0 Å². The topological polar surface area (TPSA) is 14.0 Å². The smallest absolute Gasteiger partial charge is 0.185 e. The predicted octanol–water partition coefficient (Wildman–Crippen LogP) is 0.424. The molecule has 44 valence electrons. The molecule has 0 rings (SSSR count). The number of nitrogens with one attached hydrogen (secondary N) is 1. The van der Waals surface area contributed by atoms with E-state index in [-0.39, 0.29) is 0 Å². The minimum atomic E-state index is 0.655. The second kappa shape index (κ2) is 4.60. The van der Waals surface area contributed by atoms with Gasteiger partial charge in [0.2, 0.25) is 0 Å². The maximum absolute atomic E-state index is 5.55. The van der Waals surface area contributed by atoms with Gasteiger partial charge in [0.25, 0.3) is 0 Å². The van der Waals surface area contributed by atoms with Crippen LogP contribution in [0.1, 0.15) is 6.92 Å². The second-order valence-corrected chi connectivity index (χ2v) is 1.67. The third-order valence-corrected chi connectivity index (χ3v) is 0.801. The number of rotatable bonds is 2. The highest BCUT2D eigenvalue weighted by Crippen LogP contribution is 1.97. The summed E-state index contributed by atoms with van der Waals surface area (Å²) in [6.07, 6.45) is 5.25. The Bertz CT molecular complexity index is 124. The Morgan fingerprint density at radius 1 is 1.75 bits per heavy atom. The molecule has 1 N–H and O–H groups in total. The lowest BCUT2D eigenvalue weighted by atomic mass is 10.5. The van der Waals surface area contributed by atoms with Crippen LogP contribution in [0.5, 0.6) is 0 Å². The highest BCUT2D eigenvalue weighted by atomic mass is 35.5. The molecule has 0 spiro atoms. The van der Waals surface area contributed by atoms with Crippen molar-refractivity contribution in [2.45, 2.75) is 6.92 Å². The van der Waals surface area contributed by atoms with E-state index in [0.717, 1.165) is 0 Å². The number of hydrogen-bond acceptors (Lipinski definition) is 0. The van der Waals surface area contributed by atoms with Crippen molar-refractivity contribution in [3.05, 3.63) is 23.4 Å². The number of hydrogen-bond donors (Lipinski definition) is 1. The second-order valence-electron chi connectivity index (χ2n) is 1.23. The molecule has 0 heterocycles. The van der Waals surface area contributed by atoms with Crippen molar-refractivity contribution in [3.63, 3.8) is 0 Å². The molecule has 0 amide bonds. The quantitative estimate of drug-likeness (QED) is 0.412. The minimum Gasteiger partial charge on any atom is -0.223 e. The maximum atomic E-state index is 5.55. The molecular formula is C6H9ClN+. The number of halogens is 1. The summed E-state index contributed by atoms with van der Waals surface area (Å²) in [5, 5.41) is 0.655. The van der Waals surface area contributed by atoms with Crippen LogP contribution in [0.2, 0.25) is 0 Å². The molecule has 2 heteroatoms. The molecule has 0 fully saturated rings. The van der Waals surface area contributed by atoms with Gasteiger partial charge >= 0.3 is 0 Å². The van der Waals surface area contributed by atoms with Crippen molar-refractivity contribution in [3.8, 4) is 0 Å². The van der Waals surface area contributed by atoms with Crippen molar-refractivity contribution in [1.82, 2.24) is 0 Å². The van der Waals surface area contributed by atoms with Crippen LogP contribution in [0.3, 0.4) is 0 Å². The van der Waals surface area contributed by atoms with Gasteiger partial charge in [0, 0.05) is 0 Å². The summed E-state index contributed by atoms with van der Waals surface area (Å²) in [5.74, 6) is 0. The van der Waals surface area contributed by atoms with E-state index in [0.29, 0.717) is 5.03 Å². The van der Waals surface area contributed by atoms with Crippen LogP contribution in [0, 0.1) is 0 Å². The Balaban J connectivity index is 3.79. The lowest BCUT2D eigenvalue weighted by molar-refractivity contribution is -0.361. The zero-order chi connectivity index (χ0) is 6.41. The summed E-state index contributed by atoms with van der Waals surface area (Å²) in [5.41, 5.74) is 0. The summed E-state index contributed by atoms with van der Waals surface area (Å²) in [6, 6.07) is 0. The summed E-state index contributed by atoms with van der Waals surface area (Å²) >= 11 is 5.55. The first-order valence-corrected chi connectivity index (χ1v) is 2.70. The molecule has 1 nitrogen and oxygen atoms in total. The molecule has 0 unspecified atom stereocenters. The van der Waals surface area contributed by atoms with E-state index >= 15 is 0 Å². The van der Waals surface area contributed by atoms with Crippen LogP contribution >= 0.6 is 11.6 Å². The fraction of sp³-hybridized carbons (Fsp3) is 0.167. The molecular weight excluding hydrogens is 122 g/mol. The molecule has 0 aliphatic heterocycles. The van der Waals surface area contributed by atoms with Gasteiger partial charge < -0.3 is 0 Å². The molecule has 0 radical (unpaired) electrons. The van der Waals surface area contributed by atoms with Crippen LogP contribution in [-0.2, 0) is 0 Å². The third kappa shape index (κ3) is 3.62. The SMILES string of the molecule is C=[NH+]/C=C(Cl)\C=C/C. The summed E-state index contributed by atoms with van der Waals surface area (Å²) in [7, 11) is 0. The van der Waals surface area contributed by atoms with Crippen LogP contribution < -0.4 is 4.99 Å². The standard InChI is InChI=1S/C6H8ClN/c1-3-4-6(7)5-8-2/h3-5H,2H2,1H3/p+1/b4-3-,6-5+. The van der Waals surface area contributed by atoms with Crippen molar-refractivity contribution in [2.24, 2.45) is 0 Å². The molecule has 0 saturated heterocycles. The molecule has 0 bridgehead atoms. The average Bonchev–Trinajstić information content (AvgIpc) is 1.68.